The Morgan fingerprint density at radius 1 is 0.362 bits per heavy atom. The van der Waals surface area contributed by atoms with E-state index >= 15 is 0 Å². The number of rotatable bonds is 7. The average molecular weight is 743 g/mol. The lowest BCUT2D eigenvalue weighted by Gasteiger charge is -2.28. The Morgan fingerprint density at radius 2 is 0.931 bits per heavy atom. The number of hydrogen-bond acceptors (Lipinski definition) is 5. The number of anilines is 3. The third-order valence-electron chi connectivity index (χ3n) is 10.9. The van der Waals surface area contributed by atoms with Crippen molar-refractivity contribution in [1.29, 1.82) is 0 Å². The van der Waals surface area contributed by atoms with Gasteiger partial charge in [-0.1, -0.05) is 164 Å². The number of furan rings is 1. The van der Waals surface area contributed by atoms with Gasteiger partial charge in [0.05, 0.1) is 22.3 Å². The molecule has 2 aromatic heterocycles. The van der Waals surface area contributed by atoms with E-state index in [1.807, 2.05) is 36.4 Å². The molecular weight excluding hydrogens is 709 g/mol. The van der Waals surface area contributed by atoms with E-state index in [0.717, 1.165) is 77.4 Å². The van der Waals surface area contributed by atoms with Gasteiger partial charge < -0.3 is 9.32 Å². The smallest absolute Gasteiger partial charge is 0.167 e. The van der Waals surface area contributed by atoms with E-state index in [1.54, 1.807) is 0 Å². The third-order valence-corrected chi connectivity index (χ3v) is 10.9. The van der Waals surface area contributed by atoms with Gasteiger partial charge in [-0.15, -0.1) is 0 Å². The van der Waals surface area contributed by atoms with Crippen LogP contribution in [0.3, 0.4) is 0 Å². The van der Waals surface area contributed by atoms with Crippen LogP contribution in [0.2, 0.25) is 0 Å². The highest BCUT2D eigenvalue weighted by Crippen LogP contribution is 2.48. The molecule has 0 aliphatic heterocycles. The first-order chi connectivity index (χ1) is 28.8. The molecule has 58 heavy (non-hydrogen) atoms. The fourth-order valence-electron chi connectivity index (χ4n) is 8.19. The summed E-state index contributed by atoms with van der Waals surface area (Å²) < 4.78 is 7.04. The highest BCUT2D eigenvalue weighted by molar-refractivity contribution is 6.25. The number of benzene rings is 9. The summed E-state index contributed by atoms with van der Waals surface area (Å²) >= 11 is 0. The normalized spacial score (nSPS) is 11.4. The van der Waals surface area contributed by atoms with Crippen LogP contribution in [0.5, 0.6) is 0 Å². The molecule has 0 fully saturated rings. The van der Waals surface area contributed by atoms with Gasteiger partial charge in [-0.3, -0.25) is 0 Å². The first-order valence-electron chi connectivity index (χ1n) is 19.4. The van der Waals surface area contributed by atoms with Crippen LogP contribution in [-0.4, -0.2) is 15.0 Å². The molecule has 0 N–H and O–H groups in total. The molecule has 0 radical (unpaired) electrons. The van der Waals surface area contributed by atoms with Gasteiger partial charge in [0.25, 0.3) is 0 Å². The highest BCUT2D eigenvalue weighted by atomic mass is 16.3. The van der Waals surface area contributed by atoms with Crippen molar-refractivity contribution in [2.24, 2.45) is 0 Å². The maximum absolute atomic E-state index is 7.04. The first kappa shape index (κ1) is 33.4. The standard InChI is InChI=1S/C53H34N4O/c1-4-16-35(17-5-1)39-23-14-24-40(34-39)52-54-51(38-20-6-2-7-21-38)55-53(56-52)44-31-32-46(49-48-43-28-13-11-19-37(43)30-33-47(48)58-50(44)49)57(41-25-8-3-9-26-41)45-29-15-22-36-18-10-12-27-42(36)45/h1-34H. The lowest BCUT2D eigenvalue weighted by Crippen LogP contribution is -2.11. The van der Waals surface area contributed by atoms with Crippen LogP contribution in [0, 0.1) is 0 Å². The Morgan fingerprint density at radius 3 is 1.71 bits per heavy atom. The van der Waals surface area contributed by atoms with Crippen molar-refractivity contribution >= 4 is 60.5 Å². The monoisotopic (exact) mass is 742 g/mol. The van der Waals surface area contributed by atoms with Crippen LogP contribution in [0.15, 0.2) is 211 Å². The topological polar surface area (TPSA) is 55.1 Å². The van der Waals surface area contributed by atoms with E-state index in [1.165, 1.54) is 5.39 Å². The predicted octanol–water partition coefficient (Wildman–Crippen LogP) is 14.2. The summed E-state index contributed by atoms with van der Waals surface area (Å²) in [4.78, 5) is 17.9. The first-order valence-corrected chi connectivity index (χ1v) is 19.4. The molecule has 2 heterocycles. The predicted molar refractivity (Wildman–Crippen MR) is 239 cm³/mol. The number of nitrogens with zero attached hydrogens (tertiary/aromatic N) is 4. The molecule has 11 rings (SSSR count). The van der Waals surface area contributed by atoms with Crippen LogP contribution in [-0.2, 0) is 0 Å². The van der Waals surface area contributed by atoms with Crippen molar-refractivity contribution in [3.05, 3.63) is 206 Å². The molecule has 0 atom stereocenters. The largest absolute Gasteiger partial charge is 0.455 e. The molecule has 5 nitrogen and oxygen atoms in total. The zero-order valence-corrected chi connectivity index (χ0v) is 31.3. The lowest BCUT2D eigenvalue weighted by molar-refractivity contribution is 0.670. The summed E-state index contributed by atoms with van der Waals surface area (Å²) in [6.45, 7) is 0. The summed E-state index contributed by atoms with van der Waals surface area (Å²) in [7, 11) is 0. The molecule has 9 aromatic carbocycles. The molecule has 0 unspecified atom stereocenters. The van der Waals surface area contributed by atoms with E-state index in [2.05, 4.69) is 175 Å². The molecule has 0 spiro atoms. The second-order valence-electron chi connectivity index (χ2n) is 14.4. The molecule has 0 amide bonds. The van der Waals surface area contributed by atoms with Crippen LogP contribution in [0.25, 0.3) is 88.8 Å². The van der Waals surface area contributed by atoms with Crippen LogP contribution in [0.4, 0.5) is 17.1 Å². The van der Waals surface area contributed by atoms with E-state index in [4.69, 9.17) is 19.4 Å². The van der Waals surface area contributed by atoms with E-state index in [0.29, 0.717) is 23.1 Å². The Kier molecular flexibility index (Phi) is 8.07. The van der Waals surface area contributed by atoms with Gasteiger partial charge in [0.15, 0.2) is 17.5 Å². The highest BCUT2D eigenvalue weighted by Gasteiger charge is 2.26. The van der Waals surface area contributed by atoms with Crippen molar-refractivity contribution in [2.45, 2.75) is 0 Å². The van der Waals surface area contributed by atoms with E-state index in [9.17, 15) is 0 Å². The summed E-state index contributed by atoms with van der Waals surface area (Å²) in [5, 5.41) is 6.59. The van der Waals surface area contributed by atoms with Crippen LogP contribution in [0.1, 0.15) is 0 Å². The van der Waals surface area contributed by atoms with E-state index < -0.39 is 0 Å². The summed E-state index contributed by atoms with van der Waals surface area (Å²) in [6, 6.07) is 71.5. The summed E-state index contributed by atoms with van der Waals surface area (Å²) in [5.41, 5.74) is 9.40. The van der Waals surface area contributed by atoms with Crippen LogP contribution < -0.4 is 4.90 Å². The van der Waals surface area contributed by atoms with Gasteiger partial charge in [0, 0.05) is 27.6 Å². The fraction of sp³-hybridized carbons (Fsp3) is 0. The quantitative estimate of drug-likeness (QED) is 0.163. The Bertz CT molecular complexity index is 3280. The minimum atomic E-state index is 0.533. The van der Waals surface area contributed by atoms with Gasteiger partial charge in [-0.05, 0) is 69.8 Å². The van der Waals surface area contributed by atoms with E-state index in [-0.39, 0.29) is 0 Å². The summed E-state index contributed by atoms with van der Waals surface area (Å²) in [5.74, 6) is 1.71. The molecular formula is C53H34N4O. The van der Waals surface area contributed by atoms with Crippen molar-refractivity contribution < 1.29 is 4.42 Å². The lowest BCUT2D eigenvalue weighted by atomic mass is 9.99. The van der Waals surface area contributed by atoms with Crippen LogP contribution >= 0.6 is 0 Å². The number of hydrogen-bond donors (Lipinski definition) is 0. The Balaban J connectivity index is 1.21. The molecule has 272 valence electrons. The second-order valence-corrected chi connectivity index (χ2v) is 14.4. The number of para-hydroxylation sites is 1. The molecule has 0 saturated carbocycles. The maximum atomic E-state index is 7.04. The van der Waals surface area contributed by atoms with Crippen molar-refractivity contribution in [3.8, 4) is 45.3 Å². The Hall–Kier alpha value is -7.89. The molecule has 5 heteroatoms. The van der Waals surface area contributed by atoms with Crippen molar-refractivity contribution in [1.82, 2.24) is 15.0 Å². The molecule has 11 aromatic rings. The van der Waals surface area contributed by atoms with Crippen molar-refractivity contribution in [2.75, 3.05) is 4.90 Å². The third kappa shape index (κ3) is 5.76. The molecule has 0 saturated heterocycles. The zero-order chi connectivity index (χ0) is 38.4. The zero-order valence-electron chi connectivity index (χ0n) is 31.3. The maximum Gasteiger partial charge on any atom is 0.167 e. The minimum absolute atomic E-state index is 0.533. The fourth-order valence-corrected chi connectivity index (χ4v) is 8.19. The summed E-state index contributed by atoms with van der Waals surface area (Å²) in [6.07, 6.45) is 0. The number of fused-ring (bicyclic) bond motifs is 6. The van der Waals surface area contributed by atoms with Gasteiger partial charge in [-0.25, -0.2) is 15.0 Å². The average Bonchev–Trinajstić information content (AvgIpc) is 3.71. The van der Waals surface area contributed by atoms with Gasteiger partial charge in [0.2, 0.25) is 0 Å². The van der Waals surface area contributed by atoms with Crippen molar-refractivity contribution in [3.63, 3.8) is 0 Å². The Labute approximate surface area is 335 Å². The minimum Gasteiger partial charge on any atom is -0.455 e. The SMILES string of the molecule is c1ccc(-c2cccc(-c3nc(-c4ccccc4)nc(-c4ccc(N(c5ccccc5)c5cccc6ccccc56)c5c4oc4ccc6ccccc6c45)n3)c2)cc1. The van der Waals surface area contributed by atoms with Gasteiger partial charge >= 0.3 is 0 Å². The molecule has 0 aliphatic rings. The molecule has 0 bridgehead atoms. The second kappa shape index (κ2) is 14.0. The molecule has 0 aliphatic carbocycles. The van der Waals surface area contributed by atoms with Gasteiger partial charge in [-0.2, -0.15) is 0 Å². The van der Waals surface area contributed by atoms with Gasteiger partial charge in [0.1, 0.15) is 11.2 Å². The number of aromatic nitrogens is 3.